The first-order valence-corrected chi connectivity index (χ1v) is 8.11. The number of halogens is 2. The van der Waals surface area contributed by atoms with Crippen LogP contribution in [0.25, 0.3) is 10.9 Å². The number of carbonyl (C=O) groups excluding carboxylic acids is 1. The third kappa shape index (κ3) is 3.69. The molecular weight excluding hydrogens is 345 g/mol. The van der Waals surface area contributed by atoms with Crippen molar-refractivity contribution in [3.05, 3.63) is 75.0 Å². The molecule has 0 radical (unpaired) electrons. The third-order valence-corrected chi connectivity index (χ3v) is 3.97. The molecule has 0 aliphatic rings. The number of carbonyl (C=O) groups is 1. The fourth-order valence-corrected chi connectivity index (χ4v) is 2.68. The minimum Gasteiger partial charge on any atom is -0.273 e. The second kappa shape index (κ2) is 7.03. The molecule has 0 saturated carbocycles. The second-order valence-corrected chi connectivity index (χ2v) is 5.96. The molecule has 1 N–H and O–H groups in total. The maximum absolute atomic E-state index is 12.9. The van der Waals surface area contributed by atoms with Gasteiger partial charge in [-0.1, -0.05) is 30.7 Å². The zero-order valence-electron chi connectivity index (χ0n) is 13.4. The predicted molar refractivity (Wildman–Crippen MR) is 94.9 cm³/mol. The maximum atomic E-state index is 12.9. The van der Waals surface area contributed by atoms with Crippen LogP contribution < -0.4 is 11.0 Å². The summed E-state index contributed by atoms with van der Waals surface area (Å²) < 4.78 is 14.1. The normalized spacial score (nSPS) is 10.8. The van der Waals surface area contributed by atoms with Crippen LogP contribution in [0.1, 0.15) is 18.3 Å². The molecule has 7 heteroatoms. The summed E-state index contributed by atoms with van der Waals surface area (Å²) in [7, 11) is 0. The highest BCUT2D eigenvalue weighted by molar-refractivity contribution is 6.31. The highest BCUT2D eigenvalue weighted by atomic mass is 35.5. The number of nitrogens with zero attached hydrogens (tertiary/aromatic N) is 2. The van der Waals surface area contributed by atoms with Crippen molar-refractivity contribution in [1.29, 1.82) is 0 Å². The summed E-state index contributed by atoms with van der Waals surface area (Å²) in [4.78, 5) is 29.4. The van der Waals surface area contributed by atoms with E-state index < -0.39 is 11.5 Å². The summed E-state index contributed by atoms with van der Waals surface area (Å²) in [5.74, 6) is -0.330. The highest BCUT2D eigenvalue weighted by Crippen LogP contribution is 2.15. The van der Waals surface area contributed by atoms with Gasteiger partial charge in [0.05, 0.1) is 17.3 Å². The Hall–Kier alpha value is -2.73. The fourth-order valence-electron chi connectivity index (χ4n) is 2.51. The lowest BCUT2D eigenvalue weighted by atomic mass is 10.1. The minimum absolute atomic E-state index is 0.0173. The monoisotopic (exact) mass is 359 g/mol. The van der Waals surface area contributed by atoms with Crippen molar-refractivity contribution >= 4 is 28.4 Å². The Kier molecular flexibility index (Phi) is 4.81. The second-order valence-electron chi connectivity index (χ2n) is 5.52. The van der Waals surface area contributed by atoms with Crippen LogP contribution in [0.3, 0.4) is 0 Å². The zero-order chi connectivity index (χ0) is 18.0. The number of amides is 1. The van der Waals surface area contributed by atoms with Crippen molar-refractivity contribution in [2.45, 2.75) is 19.8 Å². The zero-order valence-corrected chi connectivity index (χ0v) is 14.2. The van der Waals surface area contributed by atoms with Gasteiger partial charge in [0.25, 0.3) is 5.56 Å². The molecule has 0 aliphatic carbocycles. The van der Waals surface area contributed by atoms with Gasteiger partial charge in [0, 0.05) is 11.4 Å². The van der Waals surface area contributed by atoms with Gasteiger partial charge in [0.15, 0.2) is 0 Å². The van der Waals surface area contributed by atoms with Gasteiger partial charge >= 0.3 is 0 Å². The number of benzene rings is 2. The molecule has 3 rings (SSSR count). The van der Waals surface area contributed by atoms with E-state index in [9.17, 15) is 14.0 Å². The molecule has 25 heavy (non-hydrogen) atoms. The smallest absolute Gasteiger partial charge is 0.273 e. The quantitative estimate of drug-likeness (QED) is 0.778. The fraction of sp³-hybridized carbons (Fsp3) is 0.167. The third-order valence-electron chi connectivity index (χ3n) is 3.73. The van der Waals surface area contributed by atoms with E-state index in [0.29, 0.717) is 33.7 Å². The van der Waals surface area contributed by atoms with Gasteiger partial charge < -0.3 is 0 Å². The summed E-state index contributed by atoms with van der Waals surface area (Å²) >= 11 is 5.95. The molecule has 0 aliphatic heterocycles. The van der Waals surface area contributed by atoms with E-state index >= 15 is 0 Å². The van der Waals surface area contributed by atoms with Crippen LogP contribution in [0.15, 0.2) is 47.3 Å². The Morgan fingerprint density at radius 2 is 1.96 bits per heavy atom. The number of fused-ring (bicyclic) bond motifs is 1. The number of aromatic nitrogens is 2. The Morgan fingerprint density at radius 1 is 1.24 bits per heavy atom. The molecule has 1 amide bonds. The Morgan fingerprint density at radius 3 is 2.64 bits per heavy atom. The van der Waals surface area contributed by atoms with E-state index in [1.165, 1.54) is 30.3 Å². The largest absolute Gasteiger partial charge is 0.280 e. The van der Waals surface area contributed by atoms with Crippen LogP contribution in [-0.4, -0.2) is 15.6 Å². The lowest BCUT2D eigenvalue weighted by molar-refractivity contribution is -0.116. The molecule has 1 heterocycles. The number of hydrogen-bond acceptors (Lipinski definition) is 3. The van der Waals surface area contributed by atoms with Crippen LogP contribution in [0, 0.1) is 5.82 Å². The van der Waals surface area contributed by atoms with Gasteiger partial charge in [-0.05, 0) is 35.9 Å². The molecule has 128 valence electrons. The van der Waals surface area contributed by atoms with E-state index in [4.69, 9.17) is 11.6 Å². The molecule has 1 aromatic heterocycles. The van der Waals surface area contributed by atoms with Crippen LogP contribution in [-0.2, 0) is 17.6 Å². The SMILES string of the molecule is CCc1nc2ccc(Cl)cc2c(=O)n1NC(=O)Cc1ccc(F)cc1. The van der Waals surface area contributed by atoms with Crippen molar-refractivity contribution in [2.75, 3.05) is 5.43 Å². The molecular formula is C18H15ClFN3O2. The summed E-state index contributed by atoms with van der Waals surface area (Å²) in [6.07, 6.45) is 0.480. The average molecular weight is 360 g/mol. The molecule has 3 aromatic rings. The van der Waals surface area contributed by atoms with Crippen LogP contribution in [0.5, 0.6) is 0 Å². The topological polar surface area (TPSA) is 64.0 Å². The van der Waals surface area contributed by atoms with E-state index in [2.05, 4.69) is 10.4 Å². The Labute approximate surface area is 148 Å². The van der Waals surface area contributed by atoms with Crippen LogP contribution in [0.2, 0.25) is 5.02 Å². The summed E-state index contributed by atoms with van der Waals surface area (Å²) in [6, 6.07) is 10.5. The van der Waals surface area contributed by atoms with E-state index in [0.717, 1.165) is 4.68 Å². The molecule has 0 spiro atoms. The number of rotatable bonds is 4. The van der Waals surface area contributed by atoms with Crippen molar-refractivity contribution in [1.82, 2.24) is 9.66 Å². The minimum atomic E-state index is -0.397. The van der Waals surface area contributed by atoms with E-state index in [-0.39, 0.29) is 12.2 Å². The lowest BCUT2D eigenvalue weighted by Gasteiger charge is -2.13. The van der Waals surface area contributed by atoms with Crippen molar-refractivity contribution < 1.29 is 9.18 Å². The first kappa shape index (κ1) is 17.1. The van der Waals surface area contributed by atoms with Crippen molar-refractivity contribution in [3.63, 3.8) is 0 Å². The highest BCUT2D eigenvalue weighted by Gasteiger charge is 2.13. The standard InChI is InChI=1S/C18H15ClFN3O2/c1-2-16-21-15-8-5-12(19)10-14(15)18(25)23(16)22-17(24)9-11-3-6-13(20)7-4-11/h3-8,10H,2,9H2,1H3,(H,22,24). The Balaban J connectivity index is 1.94. The number of aryl methyl sites for hydroxylation is 1. The summed E-state index contributed by atoms with van der Waals surface area (Å²) in [5.41, 5.74) is 3.34. The summed E-state index contributed by atoms with van der Waals surface area (Å²) in [5, 5.41) is 0.742. The number of hydrogen-bond donors (Lipinski definition) is 1. The molecule has 0 unspecified atom stereocenters. The lowest BCUT2D eigenvalue weighted by Crippen LogP contribution is -2.37. The molecule has 5 nitrogen and oxygen atoms in total. The van der Waals surface area contributed by atoms with E-state index in [1.807, 2.05) is 6.92 Å². The molecule has 0 bridgehead atoms. The summed E-state index contributed by atoms with van der Waals surface area (Å²) in [6.45, 7) is 1.84. The molecule has 0 saturated heterocycles. The maximum Gasteiger partial charge on any atom is 0.280 e. The van der Waals surface area contributed by atoms with Gasteiger partial charge in [0.1, 0.15) is 11.6 Å². The van der Waals surface area contributed by atoms with Gasteiger partial charge in [-0.3, -0.25) is 15.0 Å². The van der Waals surface area contributed by atoms with Gasteiger partial charge in [-0.25, -0.2) is 14.1 Å². The van der Waals surface area contributed by atoms with Crippen molar-refractivity contribution in [2.24, 2.45) is 0 Å². The van der Waals surface area contributed by atoms with Crippen LogP contribution >= 0.6 is 11.6 Å². The van der Waals surface area contributed by atoms with Gasteiger partial charge in [-0.2, -0.15) is 0 Å². The molecule has 2 aromatic carbocycles. The van der Waals surface area contributed by atoms with Gasteiger partial charge in [0.2, 0.25) is 5.91 Å². The van der Waals surface area contributed by atoms with Gasteiger partial charge in [-0.15, -0.1) is 0 Å². The first-order valence-electron chi connectivity index (χ1n) is 7.73. The van der Waals surface area contributed by atoms with Crippen LogP contribution in [0.4, 0.5) is 4.39 Å². The Bertz CT molecular complexity index is 1000. The molecule has 0 atom stereocenters. The van der Waals surface area contributed by atoms with Crippen molar-refractivity contribution in [3.8, 4) is 0 Å². The average Bonchev–Trinajstić information content (AvgIpc) is 2.59. The molecule has 0 fully saturated rings. The first-order chi connectivity index (χ1) is 12.0. The van der Waals surface area contributed by atoms with E-state index in [1.54, 1.807) is 12.1 Å². The number of nitrogens with one attached hydrogen (secondary N) is 1. The predicted octanol–water partition coefficient (Wildman–Crippen LogP) is 3.06.